The van der Waals surface area contributed by atoms with Crippen LogP contribution in [0.3, 0.4) is 0 Å². The van der Waals surface area contributed by atoms with Gasteiger partial charge in [0.1, 0.15) is 0 Å². The Labute approximate surface area is 140 Å². The Balaban J connectivity index is 2.27. The Morgan fingerprint density at radius 2 is 1.83 bits per heavy atom. The molecule has 1 heterocycles. The third kappa shape index (κ3) is 2.72. The van der Waals surface area contributed by atoms with Crippen LogP contribution in [0.25, 0.3) is 17.0 Å². The van der Waals surface area contributed by atoms with Crippen molar-refractivity contribution in [3.8, 4) is 12.3 Å². The molecular formula is C19H14FNO2S. The number of benzene rings is 2. The van der Waals surface area contributed by atoms with Gasteiger partial charge < -0.3 is 0 Å². The van der Waals surface area contributed by atoms with Crippen molar-refractivity contribution in [2.45, 2.75) is 11.8 Å². The molecule has 0 saturated heterocycles. The van der Waals surface area contributed by atoms with Crippen LogP contribution >= 0.6 is 0 Å². The van der Waals surface area contributed by atoms with Crippen molar-refractivity contribution in [1.29, 1.82) is 0 Å². The summed E-state index contributed by atoms with van der Waals surface area (Å²) in [4.78, 5) is 0.168. The predicted molar refractivity (Wildman–Crippen MR) is 93.6 cm³/mol. The summed E-state index contributed by atoms with van der Waals surface area (Å²) in [6, 6.07) is 13.5. The highest BCUT2D eigenvalue weighted by molar-refractivity contribution is 7.90. The maximum atomic E-state index is 13.5. The van der Waals surface area contributed by atoms with E-state index in [0.29, 0.717) is 16.5 Å². The summed E-state index contributed by atoms with van der Waals surface area (Å²) in [5, 5.41) is 0.610. The van der Waals surface area contributed by atoms with E-state index in [0.717, 1.165) is 15.6 Å². The van der Waals surface area contributed by atoms with Gasteiger partial charge in [-0.15, -0.1) is 6.42 Å². The third-order valence-corrected chi connectivity index (χ3v) is 5.39. The molecule has 3 aromatic rings. The highest BCUT2D eigenvalue weighted by Gasteiger charge is 2.20. The molecule has 0 amide bonds. The predicted octanol–water partition coefficient (Wildman–Crippen LogP) is 4.13. The lowest BCUT2D eigenvalue weighted by Gasteiger charge is -2.07. The molecule has 120 valence electrons. The normalized spacial score (nSPS) is 12.3. The molecule has 0 aliphatic carbocycles. The number of aryl methyl sites for hydroxylation is 1. The molecule has 1 aromatic heterocycles. The SMILES string of the molecule is C#C/C(F)=C/c1cn(S(=O)(=O)c2ccc(C)cc2)c2ccccc12. The van der Waals surface area contributed by atoms with E-state index in [4.69, 9.17) is 6.42 Å². The summed E-state index contributed by atoms with van der Waals surface area (Å²) in [6.07, 6.45) is 7.59. The monoisotopic (exact) mass is 339 g/mol. The fourth-order valence-electron chi connectivity index (χ4n) is 2.49. The molecule has 0 saturated carbocycles. The molecule has 0 spiro atoms. The van der Waals surface area contributed by atoms with E-state index < -0.39 is 15.9 Å². The number of hydrogen-bond donors (Lipinski definition) is 0. The van der Waals surface area contributed by atoms with Gasteiger partial charge in [0.25, 0.3) is 10.0 Å². The first-order valence-corrected chi connectivity index (χ1v) is 8.63. The molecule has 0 atom stereocenters. The van der Waals surface area contributed by atoms with Crippen LogP contribution in [-0.4, -0.2) is 12.4 Å². The van der Waals surface area contributed by atoms with Gasteiger partial charge in [-0.2, -0.15) is 4.39 Å². The molecule has 0 fully saturated rings. The van der Waals surface area contributed by atoms with E-state index in [1.165, 1.54) is 6.20 Å². The Bertz CT molecular complexity index is 1080. The second-order valence-corrected chi connectivity index (χ2v) is 7.17. The zero-order valence-electron chi connectivity index (χ0n) is 12.9. The number of terminal acetylenes is 1. The molecular weight excluding hydrogens is 325 g/mol. The summed E-state index contributed by atoms with van der Waals surface area (Å²) in [5.74, 6) is 1.14. The topological polar surface area (TPSA) is 39.1 Å². The van der Waals surface area contributed by atoms with Crippen molar-refractivity contribution in [2.24, 2.45) is 0 Å². The third-order valence-electron chi connectivity index (χ3n) is 3.71. The first-order chi connectivity index (χ1) is 11.4. The van der Waals surface area contributed by atoms with Gasteiger partial charge in [0.15, 0.2) is 5.83 Å². The molecule has 0 aliphatic rings. The van der Waals surface area contributed by atoms with Gasteiger partial charge in [0, 0.05) is 17.1 Å². The van der Waals surface area contributed by atoms with Gasteiger partial charge >= 0.3 is 0 Å². The van der Waals surface area contributed by atoms with Crippen molar-refractivity contribution >= 4 is 27.0 Å². The van der Waals surface area contributed by atoms with Gasteiger partial charge in [-0.05, 0) is 37.1 Å². The molecule has 0 N–H and O–H groups in total. The summed E-state index contributed by atoms with van der Waals surface area (Å²) < 4.78 is 40.5. The average Bonchev–Trinajstić information content (AvgIpc) is 2.95. The van der Waals surface area contributed by atoms with Gasteiger partial charge in [0.2, 0.25) is 0 Å². The van der Waals surface area contributed by atoms with Crippen LogP contribution in [0, 0.1) is 19.3 Å². The molecule has 3 nitrogen and oxygen atoms in total. The number of aromatic nitrogens is 1. The summed E-state index contributed by atoms with van der Waals surface area (Å²) >= 11 is 0. The van der Waals surface area contributed by atoms with Crippen LogP contribution in [0.1, 0.15) is 11.1 Å². The van der Waals surface area contributed by atoms with E-state index in [-0.39, 0.29) is 4.90 Å². The quantitative estimate of drug-likeness (QED) is 0.673. The van der Waals surface area contributed by atoms with Crippen LogP contribution in [0.2, 0.25) is 0 Å². The molecule has 0 radical (unpaired) electrons. The molecule has 0 aliphatic heterocycles. The van der Waals surface area contributed by atoms with Crippen molar-refractivity contribution < 1.29 is 12.8 Å². The maximum absolute atomic E-state index is 13.5. The first-order valence-electron chi connectivity index (χ1n) is 7.19. The molecule has 0 unspecified atom stereocenters. The van der Waals surface area contributed by atoms with Gasteiger partial charge in [0.05, 0.1) is 10.4 Å². The minimum Gasteiger partial charge on any atom is -0.241 e. The Hall–Kier alpha value is -2.84. The van der Waals surface area contributed by atoms with Crippen LogP contribution in [0.15, 0.2) is 65.5 Å². The first kappa shape index (κ1) is 16.0. The van der Waals surface area contributed by atoms with Crippen molar-refractivity contribution in [3.05, 3.63) is 71.7 Å². The number of allylic oxidation sites excluding steroid dienone is 1. The van der Waals surface area contributed by atoms with Crippen LogP contribution < -0.4 is 0 Å². The van der Waals surface area contributed by atoms with Crippen molar-refractivity contribution in [1.82, 2.24) is 3.97 Å². The molecule has 5 heteroatoms. The molecule has 2 aromatic carbocycles. The highest BCUT2D eigenvalue weighted by Crippen LogP contribution is 2.27. The Morgan fingerprint density at radius 3 is 2.50 bits per heavy atom. The zero-order chi connectivity index (χ0) is 17.3. The van der Waals surface area contributed by atoms with Crippen LogP contribution in [0.5, 0.6) is 0 Å². The molecule has 0 bridgehead atoms. The molecule has 24 heavy (non-hydrogen) atoms. The van der Waals surface area contributed by atoms with E-state index in [9.17, 15) is 12.8 Å². The smallest absolute Gasteiger partial charge is 0.241 e. The number of nitrogens with zero attached hydrogens (tertiary/aromatic N) is 1. The number of para-hydroxylation sites is 1. The zero-order valence-corrected chi connectivity index (χ0v) is 13.7. The van der Waals surface area contributed by atoms with Gasteiger partial charge in [-0.25, -0.2) is 12.4 Å². The second-order valence-electron chi connectivity index (χ2n) is 5.35. The maximum Gasteiger partial charge on any atom is 0.268 e. The highest BCUT2D eigenvalue weighted by atomic mass is 32.2. The van der Waals surface area contributed by atoms with E-state index in [1.807, 2.05) is 12.8 Å². The number of halogens is 1. The summed E-state index contributed by atoms with van der Waals surface area (Å²) in [6.45, 7) is 1.88. The lowest BCUT2D eigenvalue weighted by atomic mass is 10.1. The van der Waals surface area contributed by atoms with Gasteiger partial charge in [-0.1, -0.05) is 35.9 Å². The minimum absolute atomic E-state index is 0.168. The fourth-order valence-corrected chi connectivity index (χ4v) is 3.87. The van der Waals surface area contributed by atoms with Crippen LogP contribution in [-0.2, 0) is 10.0 Å². The second kappa shape index (κ2) is 5.99. The average molecular weight is 339 g/mol. The summed E-state index contributed by atoms with van der Waals surface area (Å²) in [5.41, 5.74) is 1.84. The lowest BCUT2D eigenvalue weighted by molar-refractivity contribution is 0.589. The number of hydrogen-bond acceptors (Lipinski definition) is 2. The number of rotatable bonds is 3. The van der Waals surface area contributed by atoms with Crippen molar-refractivity contribution in [2.75, 3.05) is 0 Å². The van der Waals surface area contributed by atoms with E-state index in [1.54, 1.807) is 48.5 Å². The van der Waals surface area contributed by atoms with E-state index >= 15 is 0 Å². The Kier molecular flexibility index (Phi) is 4.00. The Morgan fingerprint density at radius 1 is 1.17 bits per heavy atom. The lowest BCUT2D eigenvalue weighted by Crippen LogP contribution is -2.11. The summed E-state index contributed by atoms with van der Waals surface area (Å²) in [7, 11) is -3.79. The fraction of sp³-hybridized carbons (Fsp3) is 0.0526. The minimum atomic E-state index is -3.79. The van der Waals surface area contributed by atoms with Gasteiger partial charge in [-0.3, -0.25) is 0 Å². The van der Waals surface area contributed by atoms with E-state index in [2.05, 4.69) is 0 Å². The van der Waals surface area contributed by atoms with Crippen LogP contribution in [0.4, 0.5) is 4.39 Å². The van der Waals surface area contributed by atoms with Crippen molar-refractivity contribution in [3.63, 3.8) is 0 Å². The molecule has 3 rings (SSSR count). The standard InChI is InChI=1S/C19H14FNO2S/c1-3-16(20)12-15-13-21(19-7-5-4-6-18(15)19)24(22,23)17-10-8-14(2)9-11-17/h1,4-13H,2H3/b16-12-. The largest absolute Gasteiger partial charge is 0.268 e. The number of fused-ring (bicyclic) bond motifs is 1.